The van der Waals surface area contributed by atoms with E-state index in [0.29, 0.717) is 28.1 Å². The van der Waals surface area contributed by atoms with Gasteiger partial charge in [-0.2, -0.15) is 0 Å². The number of carbonyl (C=O) groups is 2. The second-order valence-electron chi connectivity index (χ2n) is 7.93. The van der Waals surface area contributed by atoms with E-state index in [1.54, 1.807) is 19.2 Å². The summed E-state index contributed by atoms with van der Waals surface area (Å²) in [7, 11) is 1.61. The Morgan fingerprint density at radius 2 is 1.80 bits per heavy atom. The molecule has 1 aromatic heterocycles. The summed E-state index contributed by atoms with van der Waals surface area (Å²) in [6, 6.07) is 12.5. The lowest BCUT2D eigenvalue weighted by Crippen LogP contribution is -2.37. The number of fused-ring (bicyclic) bond motifs is 3. The van der Waals surface area contributed by atoms with Crippen molar-refractivity contribution >= 4 is 29.1 Å². The van der Waals surface area contributed by atoms with E-state index in [1.165, 1.54) is 0 Å². The maximum atomic E-state index is 12.8. The summed E-state index contributed by atoms with van der Waals surface area (Å²) >= 11 is 6.13. The van der Waals surface area contributed by atoms with Crippen molar-refractivity contribution in [2.75, 3.05) is 26.7 Å². The van der Waals surface area contributed by atoms with Gasteiger partial charge in [-0.05, 0) is 37.3 Å². The van der Waals surface area contributed by atoms with Crippen LogP contribution in [0.5, 0.6) is 5.75 Å². The highest BCUT2D eigenvalue weighted by Gasteiger charge is 2.30. The molecule has 1 atom stereocenters. The molecule has 0 radical (unpaired) electrons. The molecular formula is C24H26ClN7O3. The number of nitrogens with zero attached hydrogens (tertiary/aromatic N) is 4. The number of hydrogen-bond donors (Lipinski definition) is 3. The van der Waals surface area contributed by atoms with Crippen molar-refractivity contribution in [3.63, 3.8) is 0 Å². The molecule has 2 amide bonds. The predicted octanol–water partition coefficient (Wildman–Crippen LogP) is 1.71. The molecule has 4 rings (SSSR count). The fourth-order valence-electron chi connectivity index (χ4n) is 3.90. The molecule has 182 valence electrons. The third-order valence-corrected chi connectivity index (χ3v) is 5.84. The highest BCUT2D eigenvalue weighted by Crippen LogP contribution is 2.34. The first-order valence-electron chi connectivity index (χ1n) is 11.1. The highest BCUT2D eigenvalue weighted by atomic mass is 35.5. The summed E-state index contributed by atoms with van der Waals surface area (Å²) in [5, 5.41) is 14.7. The molecule has 3 aromatic rings. The van der Waals surface area contributed by atoms with Crippen LogP contribution in [0.25, 0.3) is 5.69 Å². The molecule has 0 aliphatic carbocycles. The van der Waals surface area contributed by atoms with E-state index in [0.717, 1.165) is 16.8 Å². The van der Waals surface area contributed by atoms with E-state index in [9.17, 15) is 9.59 Å². The van der Waals surface area contributed by atoms with E-state index in [1.807, 2.05) is 41.8 Å². The predicted molar refractivity (Wildman–Crippen MR) is 132 cm³/mol. The zero-order chi connectivity index (χ0) is 24.9. The molecule has 2 aromatic carbocycles. The Kier molecular flexibility index (Phi) is 7.42. The Morgan fingerprint density at radius 1 is 1.09 bits per heavy atom. The Labute approximate surface area is 207 Å². The molecule has 1 aliphatic heterocycles. The fraction of sp³-hybridized carbons (Fsp3) is 0.292. The second-order valence-corrected chi connectivity index (χ2v) is 8.37. The van der Waals surface area contributed by atoms with E-state index < -0.39 is 6.04 Å². The quantitative estimate of drug-likeness (QED) is 0.407. The van der Waals surface area contributed by atoms with Crippen molar-refractivity contribution in [1.29, 1.82) is 0 Å². The number of carbonyl (C=O) groups excluding carboxylic acids is 2. The number of ether oxygens (including phenoxy) is 1. The standard InChI is InChI=1S/C24H26ClN7O3/c1-14-30-31-24-19(12-21(33)27-9-10-28-22(34)13-26)29-23(15-3-5-16(25)6-4-15)18-11-17(35-2)7-8-20(18)32(14)24/h3-8,11,19H,9-10,12-13,26H2,1-2H3,(H,27,33)(H,28,34). The number of aromatic nitrogens is 3. The Morgan fingerprint density at radius 3 is 2.49 bits per heavy atom. The van der Waals surface area contributed by atoms with Gasteiger partial charge in [0.25, 0.3) is 0 Å². The molecule has 1 aliphatic rings. The average Bonchev–Trinajstić information content (AvgIpc) is 3.19. The third kappa shape index (κ3) is 5.33. The molecule has 0 fully saturated rings. The van der Waals surface area contributed by atoms with Crippen molar-refractivity contribution < 1.29 is 14.3 Å². The van der Waals surface area contributed by atoms with Crippen LogP contribution in [0.2, 0.25) is 5.02 Å². The normalized spacial score (nSPS) is 14.3. The molecule has 10 nitrogen and oxygen atoms in total. The van der Waals surface area contributed by atoms with Crippen LogP contribution in [0.4, 0.5) is 0 Å². The zero-order valence-electron chi connectivity index (χ0n) is 19.4. The van der Waals surface area contributed by atoms with Crippen LogP contribution < -0.4 is 21.1 Å². The average molecular weight is 496 g/mol. The summed E-state index contributed by atoms with van der Waals surface area (Å²) in [6.45, 7) is 2.31. The molecule has 35 heavy (non-hydrogen) atoms. The lowest BCUT2D eigenvalue weighted by Gasteiger charge is -2.14. The molecule has 11 heteroatoms. The van der Waals surface area contributed by atoms with Gasteiger partial charge in [0, 0.05) is 29.2 Å². The highest BCUT2D eigenvalue weighted by molar-refractivity contribution is 6.30. The van der Waals surface area contributed by atoms with E-state index >= 15 is 0 Å². The minimum atomic E-state index is -0.598. The number of benzene rings is 2. The lowest BCUT2D eigenvalue weighted by atomic mass is 10.00. The summed E-state index contributed by atoms with van der Waals surface area (Å²) in [5.41, 5.74) is 8.47. The van der Waals surface area contributed by atoms with Crippen molar-refractivity contribution in [2.24, 2.45) is 10.7 Å². The van der Waals surface area contributed by atoms with Gasteiger partial charge in [-0.25, -0.2) is 0 Å². The first-order valence-corrected chi connectivity index (χ1v) is 11.5. The van der Waals surface area contributed by atoms with Gasteiger partial charge in [0.2, 0.25) is 11.8 Å². The molecule has 0 saturated carbocycles. The van der Waals surface area contributed by atoms with Gasteiger partial charge in [-0.15, -0.1) is 10.2 Å². The Bertz CT molecular complexity index is 1270. The Hall–Kier alpha value is -3.76. The van der Waals surface area contributed by atoms with E-state index in [2.05, 4.69) is 20.8 Å². The van der Waals surface area contributed by atoms with Crippen LogP contribution in [-0.2, 0) is 9.59 Å². The van der Waals surface area contributed by atoms with Crippen LogP contribution >= 0.6 is 11.6 Å². The lowest BCUT2D eigenvalue weighted by molar-refractivity contribution is -0.122. The smallest absolute Gasteiger partial charge is 0.233 e. The largest absolute Gasteiger partial charge is 0.497 e. The summed E-state index contributed by atoms with van der Waals surface area (Å²) in [5.74, 6) is 1.40. The van der Waals surface area contributed by atoms with Crippen LogP contribution in [0, 0.1) is 6.92 Å². The number of methoxy groups -OCH3 is 1. The number of nitrogens with one attached hydrogen (secondary N) is 2. The van der Waals surface area contributed by atoms with Crippen molar-refractivity contribution in [3.05, 3.63) is 70.3 Å². The van der Waals surface area contributed by atoms with Crippen LogP contribution in [0.1, 0.15) is 35.2 Å². The number of amides is 2. The van der Waals surface area contributed by atoms with Crippen molar-refractivity contribution in [1.82, 2.24) is 25.4 Å². The number of aryl methyl sites for hydroxylation is 1. The fourth-order valence-corrected chi connectivity index (χ4v) is 4.03. The molecule has 0 spiro atoms. The SMILES string of the molecule is COc1ccc2c(c1)C(c1ccc(Cl)cc1)=NC(CC(=O)NCCNC(=O)CN)c1nnc(C)n1-2. The third-order valence-electron chi connectivity index (χ3n) is 5.58. The minimum absolute atomic E-state index is 0.0468. The van der Waals surface area contributed by atoms with Gasteiger partial charge in [0.1, 0.15) is 17.6 Å². The number of aliphatic imine (C=N–C) groups is 1. The van der Waals surface area contributed by atoms with Gasteiger partial charge in [0.05, 0.1) is 31.5 Å². The molecular weight excluding hydrogens is 470 g/mol. The molecule has 2 heterocycles. The van der Waals surface area contributed by atoms with E-state index in [4.69, 9.17) is 27.1 Å². The monoisotopic (exact) mass is 495 g/mol. The first-order chi connectivity index (χ1) is 16.9. The second kappa shape index (κ2) is 10.7. The van der Waals surface area contributed by atoms with Crippen LogP contribution in [0.3, 0.4) is 0 Å². The molecule has 0 saturated heterocycles. The van der Waals surface area contributed by atoms with Gasteiger partial charge in [0.15, 0.2) is 5.82 Å². The van der Waals surface area contributed by atoms with E-state index in [-0.39, 0.29) is 37.9 Å². The molecule has 4 N–H and O–H groups in total. The number of nitrogens with two attached hydrogens (primary N) is 1. The summed E-state index contributed by atoms with van der Waals surface area (Å²) in [6.07, 6.45) is 0.0468. The number of rotatable bonds is 8. The van der Waals surface area contributed by atoms with Gasteiger partial charge in [-0.1, -0.05) is 23.7 Å². The first kappa shape index (κ1) is 24.4. The zero-order valence-corrected chi connectivity index (χ0v) is 20.2. The minimum Gasteiger partial charge on any atom is -0.497 e. The van der Waals surface area contributed by atoms with Crippen LogP contribution in [-0.4, -0.2) is 59.0 Å². The number of halogens is 1. The van der Waals surface area contributed by atoms with Crippen LogP contribution in [0.15, 0.2) is 47.5 Å². The Balaban J connectivity index is 1.72. The van der Waals surface area contributed by atoms with Gasteiger partial charge < -0.3 is 21.1 Å². The van der Waals surface area contributed by atoms with Crippen molar-refractivity contribution in [2.45, 2.75) is 19.4 Å². The topological polar surface area (TPSA) is 137 Å². The maximum Gasteiger partial charge on any atom is 0.233 e. The van der Waals surface area contributed by atoms with Crippen molar-refractivity contribution in [3.8, 4) is 11.4 Å². The summed E-state index contributed by atoms with van der Waals surface area (Å²) < 4.78 is 7.39. The van der Waals surface area contributed by atoms with Gasteiger partial charge in [-0.3, -0.25) is 19.1 Å². The maximum absolute atomic E-state index is 12.8. The molecule has 0 bridgehead atoms. The molecule has 1 unspecified atom stereocenters. The number of hydrogen-bond acceptors (Lipinski definition) is 7. The van der Waals surface area contributed by atoms with Gasteiger partial charge >= 0.3 is 0 Å². The summed E-state index contributed by atoms with van der Waals surface area (Å²) in [4.78, 5) is 29.1.